The Labute approximate surface area is 111 Å². The Morgan fingerprint density at radius 1 is 1.17 bits per heavy atom. The lowest BCUT2D eigenvalue weighted by Crippen LogP contribution is -2.00. The largest absolute Gasteiger partial charge is 0.491 e. The van der Waals surface area contributed by atoms with E-state index in [4.69, 9.17) is 21.1 Å². The molecular weight excluding hydrogens is 250 g/mol. The highest BCUT2D eigenvalue weighted by Crippen LogP contribution is 2.30. The van der Waals surface area contributed by atoms with Gasteiger partial charge in [0.2, 0.25) is 0 Å². The summed E-state index contributed by atoms with van der Waals surface area (Å²) in [5.74, 6) is 1.56. The minimum absolute atomic E-state index is 0.297. The van der Waals surface area contributed by atoms with Crippen molar-refractivity contribution in [3.05, 3.63) is 53.9 Å². The molecule has 0 unspecified atom stereocenters. The van der Waals surface area contributed by atoms with Crippen molar-refractivity contribution in [3.8, 4) is 11.5 Å². The lowest BCUT2D eigenvalue weighted by molar-refractivity contribution is 0.282. The van der Waals surface area contributed by atoms with Gasteiger partial charge in [-0.25, -0.2) is 0 Å². The summed E-state index contributed by atoms with van der Waals surface area (Å²) in [4.78, 5) is 4.15. The fraction of sp³-hybridized carbons (Fsp3) is 0.214. The molecule has 0 fully saturated rings. The number of hydrogen-bond donors (Lipinski definition) is 0. The number of ether oxygens (including phenoxy) is 2. The van der Waals surface area contributed by atoms with E-state index in [0.29, 0.717) is 29.7 Å². The Bertz CT molecular complexity index is 502. The van der Waals surface area contributed by atoms with E-state index in [1.54, 1.807) is 19.4 Å². The number of alkyl halides is 1. The maximum absolute atomic E-state index is 5.80. The predicted octanol–water partition coefficient (Wildman–Crippen LogP) is 3.41. The maximum atomic E-state index is 5.80. The molecule has 0 aliphatic rings. The number of pyridine rings is 1. The first kappa shape index (κ1) is 12.7. The molecule has 4 heteroatoms. The van der Waals surface area contributed by atoms with E-state index in [9.17, 15) is 0 Å². The number of methoxy groups -OCH3 is 1. The Morgan fingerprint density at radius 3 is 2.61 bits per heavy atom. The van der Waals surface area contributed by atoms with Crippen molar-refractivity contribution in [3.63, 3.8) is 0 Å². The van der Waals surface area contributed by atoms with Gasteiger partial charge in [-0.1, -0.05) is 30.3 Å². The average molecular weight is 264 g/mol. The monoisotopic (exact) mass is 263 g/mol. The third-order valence-electron chi connectivity index (χ3n) is 2.51. The molecule has 0 aliphatic carbocycles. The minimum atomic E-state index is 0.297. The topological polar surface area (TPSA) is 31.4 Å². The number of aromatic nitrogens is 1. The molecule has 0 saturated carbocycles. The van der Waals surface area contributed by atoms with E-state index in [1.807, 2.05) is 30.3 Å². The van der Waals surface area contributed by atoms with Crippen molar-refractivity contribution in [2.24, 2.45) is 0 Å². The van der Waals surface area contributed by atoms with Gasteiger partial charge < -0.3 is 9.47 Å². The van der Waals surface area contributed by atoms with Crippen LogP contribution in [0.2, 0.25) is 0 Å². The number of rotatable bonds is 5. The van der Waals surface area contributed by atoms with Crippen LogP contribution >= 0.6 is 11.6 Å². The second-order valence-electron chi connectivity index (χ2n) is 3.70. The summed E-state index contributed by atoms with van der Waals surface area (Å²) in [6.07, 6.45) is 1.67. The zero-order valence-corrected chi connectivity index (χ0v) is 10.9. The molecule has 1 aromatic carbocycles. The van der Waals surface area contributed by atoms with Crippen LogP contribution in [-0.4, -0.2) is 12.1 Å². The van der Waals surface area contributed by atoms with Crippen molar-refractivity contribution in [2.75, 3.05) is 7.11 Å². The molecule has 3 nitrogen and oxygen atoms in total. The van der Waals surface area contributed by atoms with Gasteiger partial charge >= 0.3 is 0 Å². The SMILES string of the molecule is COc1c(OCc2ccccc2)ccnc1CCl. The third-order valence-corrected chi connectivity index (χ3v) is 2.76. The molecule has 0 atom stereocenters. The van der Waals surface area contributed by atoms with E-state index in [1.165, 1.54) is 0 Å². The minimum Gasteiger partial charge on any atom is -0.491 e. The van der Waals surface area contributed by atoms with E-state index in [2.05, 4.69) is 4.98 Å². The number of halogens is 1. The fourth-order valence-corrected chi connectivity index (χ4v) is 1.82. The standard InChI is InChI=1S/C14H14ClNO2/c1-17-14-12(9-15)16-8-7-13(14)18-10-11-5-3-2-4-6-11/h2-8H,9-10H2,1H3. The molecule has 0 N–H and O–H groups in total. The van der Waals surface area contributed by atoms with Crippen molar-refractivity contribution < 1.29 is 9.47 Å². The molecule has 0 saturated heterocycles. The maximum Gasteiger partial charge on any atom is 0.183 e. The fourth-order valence-electron chi connectivity index (χ4n) is 1.63. The quantitative estimate of drug-likeness (QED) is 0.775. The Hall–Kier alpha value is -1.74. The molecule has 0 spiro atoms. The van der Waals surface area contributed by atoms with E-state index in [0.717, 1.165) is 5.56 Å². The molecule has 1 aromatic heterocycles. The molecule has 2 aromatic rings. The molecule has 94 valence electrons. The van der Waals surface area contributed by atoms with Crippen LogP contribution in [-0.2, 0) is 12.5 Å². The first-order valence-corrected chi connectivity index (χ1v) is 6.13. The van der Waals surface area contributed by atoms with Gasteiger partial charge in [-0.2, -0.15) is 0 Å². The van der Waals surface area contributed by atoms with E-state index >= 15 is 0 Å². The van der Waals surface area contributed by atoms with Crippen LogP contribution in [0.5, 0.6) is 11.5 Å². The van der Waals surface area contributed by atoms with Crippen LogP contribution < -0.4 is 9.47 Å². The summed E-state index contributed by atoms with van der Waals surface area (Å²) in [6, 6.07) is 11.7. The van der Waals surface area contributed by atoms with Gasteiger partial charge in [0.1, 0.15) is 12.3 Å². The van der Waals surface area contributed by atoms with Gasteiger partial charge in [0, 0.05) is 12.3 Å². The Kier molecular flexibility index (Phi) is 4.42. The average Bonchev–Trinajstić information content (AvgIpc) is 2.45. The number of benzene rings is 1. The van der Waals surface area contributed by atoms with Gasteiger partial charge in [-0.05, 0) is 5.56 Å². The summed E-state index contributed by atoms with van der Waals surface area (Å²) in [5.41, 5.74) is 1.79. The summed E-state index contributed by atoms with van der Waals surface area (Å²) < 4.78 is 11.0. The van der Waals surface area contributed by atoms with Crippen LogP contribution in [0.1, 0.15) is 11.3 Å². The van der Waals surface area contributed by atoms with Gasteiger partial charge in [0.05, 0.1) is 13.0 Å². The van der Waals surface area contributed by atoms with Crippen LogP contribution in [0, 0.1) is 0 Å². The van der Waals surface area contributed by atoms with Crippen LogP contribution in [0.25, 0.3) is 0 Å². The summed E-state index contributed by atoms with van der Waals surface area (Å²) >= 11 is 5.80. The van der Waals surface area contributed by atoms with E-state index in [-0.39, 0.29) is 0 Å². The second kappa shape index (κ2) is 6.26. The third kappa shape index (κ3) is 2.93. The highest BCUT2D eigenvalue weighted by molar-refractivity contribution is 6.17. The lowest BCUT2D eigenvalue weighted by atomic mass is 10.2. The first-order valence-electron chi connectivity index (χ1n) is 5.59. The van der Waals surface area contributed by atoms with Crippen LogP contribution in [0.4, 0.5) is 0 Å². The Morgan fingerprint density at radius 2 is 1.94 bits per heavy atom. The summed E-state index contributed by atoms with van der Waals surface area (Å²) in [5, 5.41) is 0. The zero-order valence-electron chi connectivity index (χ0n) is 10.1. The highest BCUT2D eigenvalue weighted by Gasteiger charge is 2.10. The van der Waals surface area contributed by atoms with Crippen LogP contribution in [0.15, 0.2) is 42.6 Å². The molecule has 0 aliphatic heterocycles. The van der Waals surface area contributed by atoms with Crippen molar-refractivity contribution >= 4 is 11.6 Å². The van der Waals surface area contributed by atoms with E-state index < -0.39 is 0 Å². The summed E-state index contributed by atoms with van der Waals surface area (Å²) in [7, 11) is 1.59. The number of nitrogens with zero attached hydrogens (tertiary/aromatic N) is 1. The molecule has 0 amide bonds. The van der Waals surface area contributed by atoms with Crippen molar-refractivity contribution in [2.45, 2.75) is 12.5 Å². The van der Waals surface area contributed by atoms with Crippen molar-refractivity contribution in [1.29, 1.82) is 0 Å². The molecule has 18 heavy (non-hydrogen) atoms. The molecule has 0 bridgehead atoms. The van der Waals surface area contributed by atoms with Crippen molar-refractivity contribution in [1.82, 2.24) is 4.98 Å². The second-order valence-corrected chi connectivity index (χ2v) is 3.96. The highest BCUT2D eigenvalue weighted by atomic mass is 35.5. The molecule has 2 rings (SSSR count). The number of hydrogen-bond acceptors (Lipinski definition) is 3. The van der Waals surface area contributed by atoms with Crippen LogP contribution in [0.3, 0.4) is 0 Å². The first-order chi connectivity index (χ1) is 8.85. The predicted molar refractivity (Wildman–Crippen MR) is 71.1 cm³/mol. The van der Waals surface area contributed by atoms with Gasteiger partial charge in [-0.3, -0.25) is 4.98 Å². The van der Waals surface area contributed by atoms with Gasteiger partial charge in [0.25, 0.3) is 0 Å². The zero-order chi connectivity index (χ0) is 12.8. The Balaban J connectivity index is 2.14. The van der Waals surface area contributed by atoms with Gasteiger partial charge in [0.15, 0.2) is 11.5 Å². The lowest BCUT2D eigenvalue weighted by Gasteiger charge is -2.12. The van der Waals surface area contributed by atoms with Gasteiger partial charge in [-0.15, -0.1) is 11.6 Å². The summed E-state index contributed by atoms with van der Waals surface area (Å²) in [6.45, 7) is 0.489. The molecule has 0 radical (unpaired) electrons. The molecular formula is C14H14ClNO2. The molecule has 1 heterocycles. The smallest absolute Gasteiger partial charge is 0.183 e. The normalized spacial score (nSPS) is 10.1.